The fraction of sp³-hybridized carbons (Fsp3) is 0.824. The Balaban J connectivity index is 1.42. The van der Waals surface area contributed by atoms with Crippen LogP contribution in [0, 0.1) is 23.7 Å². The van der Waals surface area contributed by atoms with Crippen LogP contribution in [0.3, 0.4) is 0 Å². The van der Waals surface area contributed by atoms with E-state index in [-0.39, 0.29) is 0 Å². The van der Waals surface area contributed by atoms with Crippen LogP contribution < -0.4 is 5.32 Å². The van der Waals surface area contributed by atoms with Gasteiger partial charge in [-0.25, -0.2) is 0 Å². The standard InChI is InChI=1S/C17H26N2O/c20-17(16-9-13-5-6-14(16)8-13)19(10-12-3-4-12)11-15-2-1-7-18-15/h5-6,12-16,18H,1-4,7-11H2. The predicted octanol–water partition coefficient (Wildman–Crippen LogP) is 2.19. The third-order valence-corrected chi connectivity index (χ3v) is 5.69. The molecule has 4 aliphatic rings. The Morgan fingerprint density at radius 3 is 2.65 bits per heavy atom. The molecule has 0 radical (unpaired) electrons. The van der Waals surface area contributed by atoms with Gasteiger partial charge in [-0.1, -0.05) is 12.2 Å². The summed E-state index contributed by atoms with van der Waals surface area (Å²) in [4.78, 5) is 15.2. The maximum absolute atomic E-state index is 13.0. The summed E-state index contributed by atoms with van der Waals surface area (Å²) in [6.45, 7) is 3.11. The van der Waals surface area contributed by atoms with Crippen molar-refractivity contribution >= 4 is 5.91 Å². The normalized spacial score (nSPS) is 38.6. The quantitative estimate of drug-likeness (QED) is 0.779. The molecule has 1 heterocycles. The first-order valence-corrected chi connectivity index (χ1v) is 8.50. The van der Waals surface area contributed by atoms with E-state index in [1.165, 1.54) is 32.1 Å². The van der Waals surface area contributed by atoms with E-state index >= 15 is 0 Å². The second-order valence-corrected chi connectivity index (χ2v) is 7.37. The molecule has 1 saturated heterocycles. The molecule has 1 aliphatic heterocycles. The van der Waals surface area contributed by atoms with Crippen LogP contribution in [-0.2, 0) is 4.79 Å². The zero-order chi connectivity index (χ0) is 13.5. The van der Waals surface area contributed by atoms with Crippen LogP contribution >= 0.6 is 0 Å². The van der Waals surface area contributed by atoms with Gasteiger partial charge in [0.2, 0.25) is 5.91 Å². The molecule has 3 aliphatic carbocycles. The number of carbonyl (C=O) groups excluding carboxylic acids is 1. The number of nitrogens with zero attached hydrogens (tertiary/aromatic N) is 1. The molecule has 1 N–H and O–H groups in total. The van der Waals surface area contributed by atoms with Crippen LogP contribution in [0.4, 0.5) is 0 Å². The van der Waals surface area contributed by atoms with Crippen LogP contribution in [0.2, 0.25) is 0 Å². The molecular weight excluding hydrogens is 248 g/mol. The van der Waals surface area contributed by atoms with Gasteiger partial charge in [0.1, 0.15) is 0 Å². The van der Waals surface area contributed by atoms with Gasteiger partial charge in [0, 0.05) is 25.0 Å². The van der Waals surface area contributed by atoms with Crippen molar-refractivity contribution in [3.05, 3.63) is 12.2 Å². The first-order valence-electron chi connectivity index (χ1n) is 8.50. The summed E-state index contributed by atoms with van der Waals surface area (Å²) < 4.78 is 0. The zero-order valence-electron chi connectivity index (χ0n) is 12.3. The number of carbonyl (C=O) groups is 1. The van der Waals surface area contributed by atoms with Crippen LogP contribution in [-0.4, -0.2) is 36.5 Å². The predicted molar refractivity (Wildman–Crippen MR) is 79.2 cm³/mol. The smallest absolute Gasteiger partial charge is 0.226 e. The van der Waals surface area contributed by atoms with Crippen LogP contribution in [0.5, 0.6) is 0 Å². The molecule has 1 amide bonds. The minimum Gasteiger partial charge on any atom is -0.341 e. The van der Waals surface area contributed by atoms with Crippen LogP contribution in [0.25, 0.3) is 0 Å². The van der Waals surface area contributed by atoms with E-state index in [1.54, 1.807) is 0 Å². The molecular formula is C17H26N2O. The average Bonchev–Trinajstić information content (AvgIpc) is 2.88. The summed E-state index contributed by atoms with van der Waals surface area (Å²) in [7, 11) is 0. The summed E-state index contributed by atoms with van der Waals surface area (Å²) in [5, 5.41) is 3.55. The molecule has 3 heteroatoms. The minimum atomic E-state index is 0.296. The van der Waals surface area contributed by atoms with Gasteiger partial charge in [-0.15, -0.1) is 0 Å². The molecule has 4 atom stereocenters. The number of nitrogens with one attached hydrogen (secondary N) is 1. The van der Waals surface area contributed by atoms with Gasteiger partial charge in [0.15, 0.2) is 0 Å². The molecule has 0 aromatic rings. The number of hydrogen-bond acceptors (Lipinski definition) is 2. The van der Waals surface area contributed by atoms with Crippen molar-refractivity contribution in [3.8, 4) is 0 Å². The largest absolute Gasteiger partial charge is 0.341 e. The number of amides is 1. The van der Waals surface area contributed by atoms with Crippen molar-refractivity contribution in [2.45, 2.75) is 44.6 Å². The van der Waals surface area contributed by atoms with Gasteiger partial charge in [-0.05, 0) is 62.8 Å². The summed E-state index contributed by atoms with van der Waals surface area (Å²) in [6.07, 6.45) is 12.2. The first-order chi connectivity index (χ1) is 9.79. The third-order valence-electron chi connectivity index (χ3n) is 5.69. The first kappa shape index (κ1) is 12.9. The van der Waals surface area contributed by atoms with Crippen molar-refractivity contribution in [1.82, 2.24) is 10.2 Å². The van der Waals surface area contributed by atoms with E-state index in [2.05, 4.69) is 22.4 Å². The Bertz CT molecular complexity index is 409. The summed E-state index contributed by atoms with van der Waals surface area (Å²) >= 11 is 0. The highest BCUT2D eigenvalue weighted by Crippen LogP contribution is 2.44. The summed E-state index contributed by atoms with van der Waals surface area (Å²) in [6, 6.07) is 0.548. The fourth-order valence-corrected chi connectivity index (χ4v) is 4.34. The molecule has 110 valence electrons. The highest BCUT2D eigenvalue weighted by molar-refractivity contribution is 5.80. The van der Waals surface area contributed by atoms with Crippen LogP contribution in [0.15, 0.2) is 12.2 Å². The minimum absolute atomic E-state index is 0.296. The van der Waals surface area contributed by atoms with Crippen molar-refractivity contribution in [3.63, 3.8) is 0 Å². The van der Waals surface area contributed by atoms with Gasteiger partial charge in [-0.3, -0.25) is 4.79 Å². The topological polar surface area (TPSA) is 32.3 Å². The molecule has 20 heavy (non-hydrogen) atoms. The number of hydrogen-bond donors (Lipinski definition) is 1. The molecule has 0 spiro atoms. The van der Waals surface area contributed by atoms with Gasteiger partial charge in [0.05, 0.1) is 0 Å². The Hall–Kier alpha value is -0.830. The molecule has 3 nitrogen and oxygen atoms in total. The van der Waals surface area contributed by atoms with E-state index in [9.17, 15) is 4.79 Å². The van der Waals surface area contributed by atoms with Crippen molar-refractivity contribution in [2.75, 3.05) is 19.6 Å². The Morgan fingerprint density at radius 2 is 2.05 bits per heavy atom. The maximum Gasteiger partial charge on any atom is 0.226 e. The lowest BCUT2D eigenvalue weighted by Crippen LogP contribution is -2.45. The van der Waals surface area contributed by atoms with Crippen LogP contribution in [0.1, 0.15) is 38.5 Å². The molecule has 0 aromatic carbocycles. The Morgan fingerprint density at radius 1 is 1.15 bits per heavy atom. The van der Waals surface area contributed by atoms with E-state index in [4.69, 9.17) is 0 Å². The van der Waals surface area contributed by atoms with Crippen molar-refractivity contribution < 1.29 is 4.79 Å². The van der Waals surface area contributed by atoms with Gasteiger partial charge >= 0.3 is 0 Å². The average molecular weight is 274 g/mol. The second-order valence-electron chi connectivity index (χ2n) is 7.37. The third kappa shape index (κ3) is 2.52. The lowest BCUT2D eigenvalue weighted by atomic mass is 9.92. The summed E-state index contributed by atoms with van der Waals surface area (Å²) in [5.41, 5.74) is 0. The number of rotatable bonds is 5. The van der Waals surface area contributed by atoms with E-state index < -0.39 is 0 Å². The lowest BCUT2D eigenvalue weighted by molar-refractivity contribution is -0.137. The lowest BCUT2D eigenvalue weighted by Gasteiger charge is -2.30. The van der Waals surface area contributed by atoms with E-state index in [1.807, 2.05) is 0 Å². The summed E-state index contributed by atoms with van der Waals surface area (Å²) in [5.74, 6) is 2.80. The van der Waals surface area contributed by atoms with Gasteiger partial charge in [0.25, 0.3) is 0 Å². The maximum atomic E-state index is 13.0. The highest BCUT2D eigenvalue weighted by atomic mass is 16.2. The molecule has 4 unspecified atom stereocenters. The van der Waals surface area contributed by atoms with Crippen molar-refractivity contribution in [2.24, 2.45) is 23.7 Å². The zero-order valence-corrected chi connectivity index (χ0v) is 12.3. The molecule has 3 fully saturated rings. The highest BCUT2D eigenvalue weighted by Gasteiger charge is 2.42. The van der Waals surface area contributed by atoms with E-state index in [0.29, 0.717) is 29.7 Å². The van der Waals surface area contributed by atoms with Crippen molar-refractivity contribution in [1.29, 1.82) is 0 Å². The monoisotopic (exact) mass is 274 g/mol. The molecule has 2 bridgehead atoms. The number of fused-ring (bicyclic) bond motifs is 2. The van der Waals surface area contributed by atoms with E-state index in [0.717, 1.165) is 32.0 Å². The van der Waals surface area contributed by atoms with Gasteiger partial charge < -0.3 is 10.2 Å². The SMILES string of the molecule is O=C(C1CC2C=CC1C2)N(CC1CC1)CC1CCCN1. The molecule has 2 saturated carbocycles. The Labute approximate surface area is 121 Å². The molecule has 4 rings (SSSR count). The fourth-order valence-electron chi connectivity index (χ4n) is 4.34. The van der Waals surface area contributed by atoms with Gasteiger partial charge in [-0.2, -0.15) is 0 Å². The Kier molecular flexibility index (Phi) is 3.33. The molecule has 0 aromatic heterocycles. The second kappa shape index (κ2) is 5.18. The number of allylic oxidation sites excluding steroid dienone is 2.